The van der Waals surface area contributed by atoms with E-state index >= 15 is 0 Å². The quantitative estimate of drug-likeness (QED) is 0.556. The third kappa shape index (κ3) is 5.51. The molecule has 1 heterocycles. The number of rotatable bonds is 6. The van der Waals surface area contributed by atoms with Gasteiger partial charge in [0.2, 0.25) is 11.8 Å². The number of likely N-dealkylation sites (tertiary alicyclic amines) is 1. The largest absolute Gasteiger partial charge is 0.384 e. The Morgan fingerprint density at radius 3 is 2.27 bits per heavy atom. The molecule has 1 aromatic rings. The number of carbonyl (C=O) groups excluding carboxylic acids is 2. The molecule has 1 aliphatic rings. The summed E-state index contributed by atoms with van der Waals surface area (Å²) < 4.78 is 30.7. The second-order valence-corrected chi connectivity index (χ2v) is 10.7. The summed E-state index contributed by atoms with van der Waals surface area (Å²) in [4.78, 5) is 26.6. The molecule has 30 heavy (non-hydrogen) atoms. The van der Waals surface area contributed by atoms with Crippen LogP contribution in [0.15, 0.2) is 24.3 Å². The van der Waals surface area contributed by atoms with Crippen LogP contribution in [0.4, 0.5) is 0 Å². The van der Waals surface area contributed by atoms with Crippen LogP contribution in [0, 0.1) is 11.3 Å². The van der Waals surface area contributed by atoms with E-state index in [9.17, 15) is 23.1 Å². The van der Waals surface area contributed by atoms with Crippen molar-refractivity contribution in [1.82, 2.24) is 10.2 Å². The van der Waals surface area contributed by atoms with Gasteiger partial charge in [0.05, 0.1) is 5.60 Å². The van der Waals surface area contributed by atoms with Crippen molar-refractivity contribution in [2.75, 3.05) is 18.8 Å². The molecule has 10 heteroatoms. The fourth-order valence-corrected chi connectivity index (χ4v) is 4.40. The molecule has 0 spiro atoms. The Hall–Kier alpha value is -1.68. The van der Waals surface area contributed by atoms with E-state index in [1.165, 1.54) is 0 Å². The summed E-state index contributed by atoms with van der Waals surface area (Å²) >= 11 is 5.96. The van der Waals surface area contributed by atoms with E-state index in [0.29, 0.717) is 10.6 Å². The number of nitrogens with zero attached hydrogens (tertiary/aromatic N) is 1. The Morgan fingerprint density at radius 2 is 1.80 bits per heavy atom. The lowest BCUT2D eigenvalue weighted by atomic mass is 9.66. The number of halogens is 1. The summed E-state index contributed by atoms with van der Waals surface area (Å²) in [6, 6.07) is 6.02. The van der Waals surface area contributed by atoms with Gasteiger partial charge in [0.1, 0.15) is 6.04 Å². The van der Waals surface area contributed by atoms with Crippen LogP contribution in [0.5, 0.6) is 0 Å². The van der Waals surface area contributed by atoms with Gasteiger partial charge < -0.3 is 15.3 Å². The van der Waals surface area contributed by atoms with Gasteiger partial charge in [-0.25, -0.2) is 0 Å². The Kier molecular flexibility index (Phi) is 7.23. The molecule has 0 aliphatic carbocycles. The number of benzene rings is 1. The molecule has 3 N–H and O–H groups in total. The van der Waals surface area contributed by atoms with Gasteiger partial charge in [-0.05, 0) is 30.0 Å². The highest BCUT2D eigenvalue weighted by atomic mass is 35.5. The van der Waals surface area contributed by atoms with Crippen LogP contribution < -0.4 is 5.32 Å². The lowest BCUT2D eigenvalue weighted by molar-refractivity contribution is -0.156. The standard InChI is InChI=1S/C20H29ClN2O6S/c1-13(2)17(22-16(24)11-30(27,28)29)18(25)23-10-9-20(26,19(3,4)12-23)14-5-7-15(21)8-6-14/h5-8,13,17,26H,9-12H2,1-4H3,(H,22,24)(H,27,28,29)/t17-,20+/m1/s1. The summed E-state index contributed by atoms with van der Waals surface area (Å²) in [5, 5.41) is 14.4. The number of hydrogen-bond acceptors (Lipinski definition) is 5. The molecule has 0 saturated carbocycles. The first-order valence-electron chi connectivity index (χ1n) is 9.68. The van der Waals surface area contributed by atoms with Crippen molar-refractivity contribution in [3.8, 4) is 0 Å². The zero-order valence-electron chi connectivity index (χ0n) is 17.6. The third-order valence-corrected chi connectivity index (χ3v) is 6.52. The van der Waals surface area contributed by atoms with Crippen LogP contribution in [0.2, 0.25) is 5.02 Å². The minimum atomic E-state index is -4.49. The predicted molar refractivity (Wildman–Crippen MR) is 114 cm³/mol. The second-order valence-electron chi connectivity index (χ2n) is 8.78. The number of hydrogen-bond donors (Lipinski definition) is 3. The van der Waals surface area contributed by atoms with Gasteiger partial charge in [-0.1, -0.05) is 51.4 Å². The van der Waals surface area contributed by atoms with Crippen molar-refractivity contribution in [3.05, 3.63) is 34.9 Å². The minimum Gasteiger partial charge on any atom is -0.384 e. The summed E-state index contributed by atoms with van der Waals surface area (Å²) in [5.74, 6) is -2.72. The summed E-state index contributed by atoms with van der Waals surface area (Å²) in [7, 11) is -4.49. The molecule has 1 aromatic carbocycles. The molecule has 2 rings (SSSR count). The molecule has 1 aliphatic heterocycles. The van der Waals surface area contributed by atoms with Gasteiger partial charge in [-0.3, -0.25) is 14.1 Å². The van der Waals surface area contributed by atoms with Crippen molar-refractivity contribution in [3.63, 3.8) is 0 Å². The number of piperidine rings is 1. The van der Waals surface area contributed by atoms with Crippen LogP contribution in [-0.4, -0.2) is 59.7 Å². The molecule has 0 radical (unpaired) electrons. The number of carbonyl (C=O) groups is 2. The van der Waals surface area contributed by atoms with Crippen LogP contribution in [-0.2, 0) is 25.3 Å². The molecule has 2 amide bonds. The third-order valence-electron chi connectivity index (χ3n) is 5.65. The maximum absolute atomic E-state index is 13.1. The SMILES string of the molecule is CC(C)[C@@H](NC(=O)CS(=O)(=O)O)C(=O)N1CC[C@](O)(c2ccc(Cl)cc2)C(C)(C)C1. The van der Waals surface area contributed by atoms with Crippen molar-refractivity contribution in [2.45, 2.75) is 45.8 Å². The number of amides is 2. The molecular formula is C20H29ClN2O6S. The smallest absolute Gasteiger partial charge is 0.274 e. The Labute approximate surface area is 182 Å². The first-order valence-corrected chi connectivity index (χ1v) is 11.7. The van der Waals surface area contributed by atoms with Crippen LogP contribution in [0.25, 0.3) is 0 Å². The van der Waals surface area contributed by atoms with E-state index in [0.717, 1.165) is 0 Å². The maximum Gasteiger partial charge on any atom is 0.274 e. The molecule has 1 fully saturated rings. The first-order chi connectivity index (χ1) is 13.7. The first kappa shape index (κ1) is 24.6. The van der Waals surface area contributed by atoms with E-state index in [1.54, 1.807) is 43.0 Å². The highest BCUT2D eigenvalue weighted by Gasteiger charge is 2.50. The zero-order chi connectivity index (χ0) is 22.9. The van der Waals surface area contributed by atoms with Crippen molar-refractivity contribution < 1.29 is 27.7 Å². The Balaban J connectivity index is 2.19. The molecule has 0 bridgehead atoms. The van der Waals surface area contributed by atoms with Crippen LogP contribution in [0.3, 0.4) is 0 Å². The minimum absolute atomic E-state index is 0.238. The van der Waals surface area contributed by atoms with Gasteiger partial charge in [-0.15, -0.1) is 0 Å². The predicted octanol–water partition coefficient (Wildman–Crippen LogP) is 1.81. The molecule has 8 nitrogen and oxygen atoms in total. The maximum atomic E-state index is 13.1. The molecule has 0 aromatic heterocycles. The van der Waals surface area contributed by atoms with Gasteiger partial charge in [0, 0.05) is 23.5 Å². The Bertz CT molecular complexity index is 900. The fraction of sp³-hybridized carbons (Fsp3) is 0.600. The van der Waals surface area contributed by atoms with E-state index in [2.05, 4.69) is 5.32 Å². The second kappa shape index (κ2) is 8.82. The van der Waals surface area contributed by atoms with Crippen molar-refractivity contribution in [1.29, 1.82) is 0 Å². The summed E-state index contributed by atoms with van der Waals surface area (Å²) in [6.07, 6.45) is 0.289. The van der Waals surface area contributed by atoms with Crippen molar-refractivity contribution in [2.24, 2.45) is 11.3 Å². The van der Waals surface area contributed by atoms with Gasteiger partial charge in [0.25, 0.3) is 10.1 Å². The number of nitrogens with one attached hydrogen (secondary N) is 1. The summed E-state index contributed by atoms with van der Waals surface area (Å²) in [6.45, 7) is 7.69. The number of aliphatic hydroxyl groups is 1. The van der Waals surface area contributed by atoms with E-state index in [1.807, 2.05) is 13.8 Å². The lowest BCUT2D eigenvalue weighted by Crippen LogP contribution is -2.60. The molecule has 1 saturated heterocycles. The highest BCUT2D eigenvalue weighted by Crippen LogP contribution is 2.46. The van der Waals surface area contributed by atoms with Gasteiger partial charge >= 0.3 is 0 Å². The van der Waals surface area contributed by atoms with E-state index in [4.69, 9.17) is 16.2 Å². The van der Waals surface area contributed by atoms with Crippen LogP contribution in [0.1, 0.15) is 39.7 Å². The highest BCUT2D eigenvalue weighted by molar-refractivity contribution is 7.86. The average molecular weight is 461 g/mol. The monoisotopic (exact) mass is 460 g/mol. The van der Waals surface area contributed by atoms with Crippen molar-refractivity contribution >= 4 is 33.5 Å². The molecule has 0 unspecified atom stereocenters. The Morgan fingerprint density at radius 1 is 1.23 bits per heavy atom. The molecule has 168 valence electrons. The van der Waals surface area contributed by atoms with E-state index in [-0.39, 0.29) is 31.3 Å². The topological polar surface area (TPSA) is 124 Å². The van der Waals surface area contributed by atoms with Gasteiger partial charge in [-0.2, -0.15) is 8.42 Å². The summed E-state index contributed by atoms with van der Waals surface area (Å²) in [5.41, 5.74) is -1.16. The lowest BCUT2D eigenvalue weighted by Gasteiger charge is -2.51. The van der Waals surface area contributed by atoms with Gasteiger partial charge in [0.15, 0.2) is 5.75 Å². The zero-order valence-corrected chi connectivity index (χ0v) is 19.1. The van der Waals surface area contributed by atoms with Crippen LogP contribution >= 0.6 is 11.6 Å². The average Bonchev–Trinajstić information content (AvgIpc) is 2.60. The normalized spacial score (nSPS) is 22.6. The van der Waals surface area contributed by atoms with E-state index < -0.39 is 38.8 Å². The fourth-order valence-electron chi connectivity index (χ4n) is 3.86. The molecule has 2 atom stereocenters. The molecular weight excluding hydrogens is 432 g/mol.